The highest BCUT2D eigenvalue weighted by Crippen LogP contribution is 1.70. The van der Waals surface area contributed by atoms with E-state index in [0.717, 1.165) is 3.64 Å². The largest absolute Gasteiger partial charge is 0.295 e. The van der Waals surface area contributed by atoms with Crippen LogP contribution >= 0.6 is 0 Å². The molecular weight excluding hydrogens is 134 g/mol. The normalized spacial score (nSPS) is 15.3. The van der Waals surface area contributed by atoms with E-state index in [0.29, 0.717) is 0 Å². The summed E-state index contributed by atoms with van der Waals surface area (Å²) in [6.07, 6.45) is 0. The van der Waals surface area contributed by atoms with E-state index >= 15 is 0 Å². The van der Waals surface area contributed by atoms with Gasteiger partial charge in [0.25, 0.3) is 0 Å². The van der Waals surface area contributed by atoms with Gasteiger partial charge in [0.15, 0.2) is 20.8 Å². The van der Waals surface area contributed by atoms with Crippen molar-refractivity contribution >= 4 is 32.1 Å². The van der Waals surface area contributed by atoms with E-state index in [1.54, 1.807) is 0 Å². The molecule has 0 heterocycles. The SMILES string of the molecule is O=S(O)N([Si])[Si]. The zero-order valence-corrected chi connectivity index (χ0v) is 5.53. The van der Waals surface area contributed by atoms with Crippen LogP contribution in [-0.4, -0.2) is 33.2 Å². The summed E-state index contributed by atoms with van der Waals surface area (Å²) < 4.78 is 18.4. The van der Waals surface area contributed by atoms with Gasteiger partial charge in [-0.25, -0.2) is 4.21 Å². The molecule has 6 radical (unpaired) electrons. The van der Waals surface area contributed by atoms with Crippen LogP contribution in [0.4, 0.5) is 0 Å². The first-order valence-corrected chi connectivity index (χ1v) is 2.94. The van der Waals surface area contributed by atoms with Crippen molar-refractivity contribution in [3.05, 3.63) is 0 Å². The summed E-state index contributed by atoms with van der Waals surface area (Å²) in [5, 5.41) is 0. The number of rotatable bonds is 1. The minimum Gasteiger partial charge on any atom is -0.295 e. The summed E-state index contributed by atoms with van der Waals surface area (Å²) in [5.41, 5.74) is 0. The first kappa shape index (κ1) is 6.50. The van der Waals surface area contributed by atoms with Gasteiger partial charge < -0.3 is 0 Å². The monoisotopic (exact) mass is 135 g/mol. The molecule has 0 aromatic rings. The van der Waals surface area contributed by atoms with Crippen molar-refractivity contribution in [3.63, 3.8) is 0 Å². The van der Waals surface area contributed by atoms with Crippen LogP contribution in [0.5, 0.6) is 0 Å². The first-order chi connectivity index (χ1) is 2.64. The molecule has 0 aromatic carbocycles. The standard InChI is InChI=1S/HNO2SSi2/c2-4(3)1(5)6/h(H,2,3). The average Bonchev–Trinajstić information content (AvgIpc) is 1.36. The molecule has 1 atom stereocenters. The molecule has 0 saturated carbocycles. The Morgan fingerprint density at radius 3 is 1.83 bits per heavy atom. The molecule has 0 saturated heterocycles. The van der Waals surface area contributed by atoms with Crippen molar-refractivity contribution in [2.75, 3.05) is 0 Å². The highest BCUT2D eigenvalue weighted by atomic mass is 32.2. The summed E-state index contributed by atoms with van der Waals surface area (Å²) in [4.78, 5) is 0. The Labute approximate surface area is 45.1 Å². The third kappa shape index (κ3) is 2.73. The van der Waals surface area contributed by atoms with E-state index in [-0.39, 0.29) is 0 Å². The number of hydrogen-bond acceptors (Lipinski definition) is 1. The average molecular weight is 135 g/mol. The second-order valence-electron chi connectivity index (χ2n) is 0.525. The van der Waals surface area contributed by atoms with Gasteiger partial charge in [0.1, 0.15) is 0 Å². The van der Waals surface area contributed by atoms with Gasteiger partial charge in [-0.15, -0.1) is 0 Å². The first-order valence-electron chi connectivity index (χ1n) is 0.979. The van der Waals surface area contributed by atoms with Gasteiger partial charge in [-0.3, -0.25) is 8.19 Å². The van der Waals surface area contributed by atoms with Crippen LogP contribution in [-0.2, 0) is 11.3 Å². The smallest absolute Gasteiger partial charge is 0.220 e. The second kappa shape index (κ2) is 2.64. The zero-order valence-electron chi connectivity index (χ0n) is 2.71. The van der Waals surface area contributed by atoms with Gasteiger partial charge in [-0.05, 0) is 0 Å². The lowest BCUT2D eigenvalue weighted by Crippen LogP contribution is -2.17. The highest BCUT2D eigenvalue weighted by molar-refractivity contribution is 7.78. The summed E-state index contributed by atoms with van der Waals surface area (Å²) >= 11 is -1.96. The maximum atomic E-state index is 9.64. The molecule has 0 aliphatic carbocycles. The van der Waals surface area contributed by atoms with E-state index < -0.39 is 11.3 Å². The lowest BCUT2D eigenvalue weighted by molar-refractivity contribution is 0.546. The molecule has 0 aliphatic heterocycles. The van der Waals surface area contributed by atoms with E-state index in [1.807, 2.05) is 0 Å². The van der Waals surface area contributed by atoms with Gasteiger partial charge in [0.05, 0.1) is 0 Å². The van der Waals surface area contributed by atoms with Crippen LogP contribution < -0.4 is 0 Å². The molecule has 0 aliphatic rings. The number of hydrogen-bond donors (Lipinski definition) is 1. The Balaban J connectivity index is 3.26. The predicted molar refractivity (Wildman–Crippen MR) is 24.1 cm³/mol. The van der Waals surface area contributed by atoms with Crippen LogP contribution in [0.15, 0.2) is 0 Å². The third-order valence-electron chi connectivity index (χ3n) is 0.156. The van der Waals surface area contributed by atoms with Crippen LogP contribution in [0, 0.1) is 0 Å². The Morgan fingerprint density at radius 1 is 1.67 bits per heavy atom. The summed E-state index contributed by atoms with van der Waals surface area (Å²) in [6, 6.07) is 0. The van der Waals surface area contributed by atoms with E-state index in [4.69, 9.17) is 4.55 Å². The van der Waals surface area contributed by atoms with Crippen molar-refractivity contribution in [2.24, 2.45) is 0 Å². The fourth-order valence-electron chi connectivity index (χ4n) is 0. The van der Waals surface area contributed by atoms with Crippen LogP contribution in [0.25, 0.3) is 0 Å². The van der Waals surface area contributed by atoms with Crippen molar-refractivity contribution in [1.29, 1.82) is 0 Å². The maximum Gasteiger partial charge on any atom is 0.220 e. The molecule has 0 bridgehead atoms. The maximum absolute atomic E-state index is 9.64. The van der Waals surface area contributed by atoms with Crippen molar-refractivity contribution in [3.8, 4) is 0 Å². The molecule has 0 amide bonds. The Kier molecular flexibility index (Phi) is 2.86. The quantitative estimate of drug-likeness (QED) is 0.354. The van der Waals surface area contributed by atoms with Gasteiger partial charge in [0, 0.05) is 0 Å². The topological polar surface area (TPSA) is 40.5 Å². The predicted octanol–water partition coefficient (Wildman–Crippen LogP) is -1.41. The van der Waals surface area contributed by atoms with Gasteiger partial charge in [-0.1, -0.05) is 0 Å². The second-order valence-corrected chi connectivity index (χ2v) is 3.34. The zero-order chi connectivity index (χ0) is 5.15. The van der Waals surface area contributed by atoms with Crippen LogP contribution in [0.3, 0.4) is 0 Å². The van der Waals surface area contributed by atoms with Crippen molar-refractivity contribution in [2.45, 2.75) is 0 Å². The lowest BCUT2D eigenvalue weighted by Gasteiger charge is -1.96. The fraction of sp³-hybridized carbons (Fsp3) is 0. The molecule has 32 valence electrons. The Bertz CT molecular complexity index is 62.6. The molecule has 0 rings (SSSR count). The number of nitrogens with zero attached hydrogens (tertiary/aromatic N) is 1. The van der Waals surface area contributed by atoms with Crippen molar-refractivity contribution in [1.82, 2.24) is 3.64 Å². The molecule has 1 N–H and O–H groups in total. The minimum absolute atomic E-state index is 0.806. The highest BCUT2D eigenvalue weighted by Gasteiger charge is 1.90. The molecule has 6 heavy (non-hydrogen) atoms. The molecule has 0 aromatic heterocycles. The molecule has 0 spiro atoms. The summed E-state index contributed by atoms with van der Waals surface area (Å²) in [6.45, 7) is 0. The Morgan fingerprint density at radius 2 is 1.83 bits per heavy atom. The minimum atomic E-state index is -1.96. The fourth-order valence-corrected chi connectivity index (χ4v) is 0. The molecule has 0 fully saturated rings. The summed E-state index contributed by atoms with van der Waals surface area (Å²) in [5.74, 6) is 0. The van der Waals surface area contributed by atoms with E-state index in [1.165, 1.54) is 0 Å². The molecule has 1 unspecified atom stereocenters. The van der Waals surface area contributed by atoms with Crippen LogP contribution in [0.1, 0.15) is 0 Å². The molecule has 6 heteroatoms. The Hall–Kier alpha value is 0.504. The van der Waals surface area contributed by atoms with Gasteiger partial charge in [0.2, 0.25) is 11.3 Å². The van der Waals surface area contributed by atoms with Gasteiger partial charge >= 0.3 is 0 Å². The molecular formula is HNO2SSi2. The molecule has 3 nitrogen and oxygen atoms in total. The van der Waals surface area contributed by atoms with E-state index in [9.17, 15) is 4.21 Å². The van der Waals surface area contributed by atoms with Crippen molar-refractivity contribution < 1.29 is 8.76 Å². The van der Waals surface area contributed by atoms with E-state index in [2.05, 4.69) is 20.8 Å². The summed E-state index contributed by atoms with van der Waals surface area (Å²) in [7, 11) is 5.36. The lowest BCUT2D eigenvalue weighted by atomic mass is 13.8. The third-order valence-corrected chi connectivity index (χ3v) is 1.41. The van der Waals surface area contributed by atoms with Crippen LogP contribution in [0.2, 0.25) is 0 Å². The van der Waals surface area contributed by atoms with Gasteiger partial charge in [-0.2, -0.15) is 0 Å².